The molecule has 0 saturated heterocycles. The van der Waals surface area contributed by atoms with Crippen LogP contribution in [0.4, 0.5) is 59.7 Å². The number of carbonyl (C=O) groups excluding carboxylic acids is 2. The summed E-state index contributed by atoms with van der Waals surface area (Å²) in [5, 5.41) is 1.71. The third-order valence-corrected chi connectivity index (χ3v) is 8.01. The molecule has 1 heterocycles. The Morgan fingerprint density at radius 2 is 1.59 bits per heavy atom. The van der Waals surface area contributed by atoms with E-state index in [1.54, 1.807) is 12.2 Å². The first-order chi connectivity index (χ1) is 21.1. The Morgan fingerprint density at radius 1 is 0.978 bits per heavy atom. The van der Waals surface area contributed by atoms with Crippen LogP contribution in [0.3, 0.4) is 0 Å². The molecule has 1 N–H and O–H groups in total. The predicted octanol–water partition coefficient (Wildman–Crippen LogP) is 9.64. The summed E-state index contributed by atoms with van der Waals surface area (Å²) in [6.45, 7) is 1.60. The summed E-state index contributed by atoms with van der Waals surface area (Å²) in [7, 11) is 0. The number of amides is 2. The second kappa shape index (κ2) is 12.3. The van der Waals surface area contributed by atoms with Crippen molar-refractivity contribution in [2.75, 3.05) is 10.2 Å². The van der Waals surface area contributed by atoms with Crippen LogP contribution in [0, 0.1) is 11.7 Å². The minimum Gasteiger partial charge on any atom is -0.320 e. The van der Waals surface area contributed by atoms with Gasteiger partial charge in [0.15, 0.2) is 5.82 Å². The molecule has 0 aliphatic heterocycles. The van der Waals surface area contributed by atoms with Crippen LogP contribution < -0.4 is 10.2 Å². The Balaban J connectivity index is 1.80. The molecule has 4 rings (SSSR count). The van der Waals surface area contributed by atoms with Gasteiger partial charge in [0.25, 0.3) is 11.8 Å². The number of nitrogens with one attached hydrogen (secondary N) is 1. The van der Waals surface area contributed by atoms with Gasteiger partial charge in [-0.3, -0.25) is 14.6 Å². The van der Waals surface area contributed by atoms with Crippen LogP contribution in [0.2, 0.25) is 5.02 Å². The van der Waals surface area contributed by atoms with Crippen molar-refractivity contribution in [1.82, 2.24) is 4.98 Å². The third kappa shape index (κ3) is 6.66. The SMILES string of the molecule is CC(C1CC1)N(C(=O)c1cncc(Cl)c1)c1cccc(C(=O)Nc2c(Br)cc(C(F)(C(F)(F)F)C(F)(F)F)cc2C(F)(F)F)c1F. The van der Waals surface area contributed by atoms with E-state index in [1.807, 2.05) is 0 Å². The number of pyridine rings is 1. The second-order valence-corrected chi connectivity index (χ2v) is 11.6. The Hall–Kier alpha value is -3.47. The molecule has 1 aliphatic rings. The summed E-state index contributed by atoms with van der Waals surface area (Å²) in [4.78, 5) is 31.5. The van der Waals surface area contributed by atoms with E-state index in [-0.39, 0.29) is 22.6 Å². The highest BCUT2D eigenvalue weighted by Crippen LogP contribution is 2.55. The van der Waals surface area contributed by atoms with Crippen molar-refractivity contribution < 1.29 is 57.9 Å². The number of aromatic nitrogens is 1. The van der Waals surface area contributed by atoms with Crippen LogP contribution in [0.15, 0.2) is 53.3 Å². The molecule has 1 atom stereocenters. The van der Waals surface area contributed by atoms with E-state index in [9.17, 15) is 53.5 Å². The molecule has 0 radical (unpaired) electrons. The highest BCUT2D eigenvalue weighted by molar-refractivity contribution is 9.10. The van der Waals surface area contributed by atoms with Gasteiger partial charge in [-0.2, -0.15) is 39.5 Å². The average Bonchev–Trinajstić information content (AvgIpc) is 3.78. The fourth-order valence-corrected chi connectivity index (χ4v) is 5.41. The zero-order valence-corrected chi connectivity index (χ0v) is 25.2. The van der Waals surface area contributed by atoms with E-state index < -0.39 is 86.5 Å². The number of carbonyl (C=O) groups is 2. The molecule has 1 fully saturated rings. The van der Waals surface area contributed by atoms with Crippen LogP contribution in [-0.4, -0.2) is 35.2 Å². The molecule has 1 aromatic heterocycles. The maximum atomic E-state index is 16.0. The Labute approximate surface area is 265 Å². The zero-order chi connectivity index (χ0) is 34.6. The highest BCUT2D eigenvalue weighted by Gasteiger charge is 2.73. The number of alkyl halides is 10. The van der Waals surface area contributed by atoms with Gasteiger partial charge in [-0.25, -0.2) is 8.78 Å². The first kappa shape index (κ1) is 35.4. The number of rotatable bonds is 7. The molecule has 46 heavy (non-hydrogen) atoms. The molecule has 0 bridgehead atoms. The molecule has 0 spiro atoms. The smallest absolute Gasteiger partial charge is 0.320 e. The van der Waals surface area contributed by atoms with E-state index in [0.29, 0.717) is 12.8 Å². The molecule has 2 amide bonds. The van der Waals surface area contributed by atoms with Crippen molar-refractivity contribution >= 4 is 50.7 Å². The number of nitrogens with zero attached hydrogens (tertiary/aromatic N) is 2. The largest absolute Gasteiger partial charge is 0.435 e. The van der Waals surface area contributed by atoms with Gasteiger partial charge in [-0.05, 0) is 71.9 Å². The zero-order valence-electron chi connectivity index (χ0n) is 22.8. The highest BCUT2D eigenvalue weighted by atomic mass is 79.9. The van der Waals surface area contributed by atoms with Crippen LogP contribution in [-0.2, 0) is 11.8 Å². The molecular weight excluding hydrogens is 735 g/mol. The summed E-state index contributed by atoms with van der Waals surface area (Å²) >= 11 is 8.32. The van der Waals surface area contributed by atoms with Gasteiger partial charge in [0.1, 0.15) is 0 Å². The van der Waals surface area contributed by atoms with Crippen molar-refractivity contribution in [1.29, 1.82) is 0 Å². The van der Waals surface area contributed by atoms with Gasteiger partial charge >= 0.3 is 24.2 Å². The molecule has 1 unspecified atom stereocenters. The fraction of sp³-hybridized carbons (Fsp3) is 0.321. The minimum atomic E-state index is -6.73. The maximum Gasteiger partial charge on any atom is 0.435 e. The standard InChI is InChI=1S/C28H18BrClF11N3O2/c1-12(13-5-6-13)44(24(46)14-7-16(30)11-42-10-14)20-4-2-3-17(21(20)31)23(45)43-22-18(26(33,34)35)8-15(9-19(22)29)25(32,27(36,37)38)28(39,40)41/h2-4,7-13H,5-6H2,1H3,(H,43,45). The summed E-state index contributed by atoms with van der Waals surface area (Å²) in [6, 6.07) is 2.65. The van der Waals surface area contributed by atoms with Gasteiger partial charge in [-0.15, -0.1) is 0 Å². The Morgan fingerprint density at radius 3 is 2.11 bits per heavy atom. The fourth-order valence-electron chi connectivity index (χ4n) is 4.68. The van der Waals surface area contributed by atoms with Crippen molar-refractivity contribution in [2.24, 2.45) is 5.92 Å². The average molecular weight is 753 g/mol. The van der Waals surface area contributed by atoms with Gasteiger partial charge in [0, 0.05) is 28.5 Å². The minimum absolute atomic E-state index is 0.0604. The molecule has 248 valence electrons. The lowest BCUT2D eigenvalue weighted by Crippen LogP contribution is -2.50. The monoisotopic (exact) mass is 751 g/mol. The van der Waals surface area contributed by atoms with E-state index in [1.165, 1.54) is 12.3 Å². The number of halogens is 13. The van der Waals surface area contributed by atoms with Gasteiger partial charge in [0.2, 0.25) is 0 Å². The Bertz CT molecular complexity index is 1660. The quantitative estimate of drug-likeness (QED) is 0.245. The molecule has 5 nitrogen and oxygen atoms in total. The molecule has 1 saturated carbocycles. The molecule has 1 aliphatic carbocycles. The van der Waals surface area contributed by atoms with Crippen molar-refractivity contribution in [3.05, 3.63) is 86.4 Å². The summed E-state index contributed by atoms with van der Waals surface area (Å²) in [6.07, 6.45) is -15.5. The maximum absolute atomic E-state index is 16.0. The summed E-state index contributed by atoms with van der Waals surface area (Å²) < 4.78 is 151. The van der Waals surface area contributed by atoms with Crippen molar-refractivity contribution in [3.63, 3.8) is 0 Å². The molecular formula is C28H18BrClF11N3O2. The summed E-state index contributed by atoms with van der Waals surface area (Å²) in [5.41, 5.74) is -13.9. The molecule has 18 heteroatoms. The van der Waals surface area contributed by atoms with Crippen molar-refractivity contribution in [2.45, 2.75) is 50.0 Å². The topological polar surface area (TPSA) is 62.3 Å². The Kier molecular flexibility index (Phi) is 9.45. The number of benzene rings is 2. The van der Waals surface area contributed by atoms with Crippen molar-refractivity contribution in [3.8, 4) is 0 Å². The molecule has 2 aromatic carbocycles. The second-order valence-electron chi connectivity index (χ2n) is 10.3. The van der Waals surface area contributed by atoms with Crippen LogP contribution >= 0.6 is 27.5 Å². The predicted molar refractivity (Wildman–Crippen MR) is 147 cm³/mol. The van der Waals surface area contributed by atoms with Crippen LogP contribution in [0.25, 0.3) is 0 Å². The third-order valence-electron chi connectivity index (χ3n) is 7.18. The normalized spacial score (nSPS) is 15.0. The van der Waals surface area contributed by atoms with E-state index in [2.05, 4.69) is 20.9 Å². The van der Waals surface area contributed by atoms with E-state index in [4.69, 9.17) is 11.6 Å². The van der Waals surface area contributed by atoms with Gasteiger partial charge in [-0.1, -0.05) is 17.7 Å². The number of anilines is 2. The van der Waals surface area contributed by atoms with Gasteiger partial charge in [0.05, 0.1) is 33.1 Å². The van der Waals surface area contributed by atoms with E-state index in [0.717, 1.165) is 29.3 Å². The number of hydrogen-bond donors (Lipinski definition) is 1. The first-order valence-electron chi connectivity index (χ1n) is 12.9. The van der Waals surface area contributed by atoms with Gasteiger partial charge < -0.3 is 10.2 Å². The van der Waals surface area contributed by atoms with Crippen LogP contribution in [0.5, 0.6) is 0 Å². The number of hydrogen-bond acceptors (Lipinski definition) is 3. The van der Waals surface area contributed by atoms with Crippen LogP contribution in [0.1, 0.15) is 51.6 Å². The lowest BCUT2D eigenvalue weighted by Gasteiger charge is -2.31. The molecule has 3 aromatic rings. The lowest BCUT2D eigenvalue weighted by molar-refractivity contribution is -0.348. The first-order valence-corrected chi connectivity index (χ1v) is 14.0. The van der Waals surface area contributed by atoms with E-state index >= 15 is 4.39 Å². The summed E-state index contributed by atoms with van der Waals surface area (Å²) in [5.74, 6) is -3.89. The lowest BCUT2D eigenvalue weighted by atomic mass is 9.92.